The van der Waals surface area contributed by atoms with Gasteiger partial charge in [-0.25, -0.2) is 0 Å². The van der Waals surface area contributed by atoms with Crippen LogP contribution < -0.4 is 0 Å². The summed E-state index contributed by atoms with van der Waals surface area (Å²) in [5.74, 6) is 2.42. The molecule has 1 atom stereocenters. The van der Waals surface area contributed by atoms with Gasteiger partial charge in [0.15, 0.2) is 5.78 Å². The lowest BCUT2D eigenvalue weighted by Gasteiger charge is -2.26. The molecule has 0 fully saturated rings. The van der Waals surface area contributed by atoms with Gasteiger partial charge in [-0.3, -0.25) is 4.79 Å². The number of ketones is 1. The molecule has 2 nitrogen and oxygen atoms in total. The Morgan fingerprint density at radius 1 is 1.63 bits per heavy atom. The van der Waals surface area contributed by atoms with E-state index in [2.05, 4.69) is 5.92 Å². The molecule has 0 aromatic rings. The van der Waals surface area contributed by atoms with Crippen LogP contribution in [0.3, 0.4) is 0 Å². The summed E-state index contributed by atoms with van der Waals surface area (Å²) in [4.78, 5) is 11.9. The van der Waals surface area contributed by atoms with Gasteiger partial charge in [-0.15, -0.1) is 6.42 Å². The molecule has 2 aliphatic carbocycles. The van der Waals surface area contributed by atoms with E-state index in [0.717, 1.165) is 16.7 Å². The highest BCUT2D eigenvalue weighted by atomic mass is 35.5. The van der Waals surface area contributed by atoms with Crippen LogP contribution >= 0.6 is 11.6 Å². The van der Waals surface area contributed by atoms with Crippen molar-refractivity contribution in [1.82, 2.24) is 0 Å². The summed E-state index contributed by atoms with van der Waals surface area (Å²) in [6.45, 7) is 3.78. The molecule has 2 rings (SSSR count). The van der Waals surface area contributed by atoms with Crippen molar-refractivity contribution >= 4 is 17.4 Å². The van der Waals surface area contributed by atoms with Crippen molar-refractivity contribution in [2.45, 2.75) is 20.3 Å². The van der Waals surface area contributed by atoms with Crippen LogP contribution in [-0.4, -0.2) is 5.78 Å². The highest BCUT2D eigenvalue weighted by Gasteiger charge is 2.43. The van der Waals surface area contributed by atoms with Gasteiger partial charge in [0.1, 0.15) is 6.07 Å². The first-order chi connectivity index (χ1) is 8.99. The Morgan fingerprint density at radius 2 is 2.32 bits per heavy atom. The minimum absolute atomic E-state index is 0.104. The number of hydrogen-bond donors (Lipinski definition) is 0. The fourth-order valence-electron chi connectivity index (χ4n) is 2.65. The highest BCUT2D eigenvalue weighted by molar-refractivity contribution is 6.32. The molecule has 94 valence electrons. The van der Waals surface area contributed by atoms with Crippen LogP contribution in [0.4, 0.5) is 0 Å². The summed E-state index contributed by atoms with van der Waals surface area (Å²) >= 11 is 6.22. The molecule has 0 spiro atoms. The van der Waals surface area contributed by atoms with Crippen molar-refractivity contribution in [3.8, 4) is 18.4 Å². The van der Waals surface area contributed by atoms with Crippen LogP contribution in [0.2, 0.25) is 0 Å². The first-order valence-electron chi connectivity index (χ1n) is 5.88. The fraction of sp³-hybridized carbons (Fsp3) is 0.250. The first kappa shape index (κ1) is 13.4. The van der Waals surface area contributed by atoms with E-state index in [1.54, 1.807) is 12.2 Å². The summed E-state index contributed by atoms with van der Waals surface area (Å²) in [6.07, 6.45) is 11.1. The number of hydrogen-bond acceptors (Lipinski definition) is 2. The molecule has 0 saturated heterocycles. The Balaban J connectivity index is 2.67. The van der Waals surface area contributed by atoms with Gasteiger partial charge >= 0.3 is 0 Å². The Kier molecular flexibility index (Phi) is 3.23. The third kappa shape index (κ3) is 1.86. The standard InChI is InChI=1S/C16H12ClNO/c1-4-13(17)15-10(3)7-16(5-2)8-11(9-18)14(19)6-12(15)16/h2,4,6,8H,7H2,1,3H3/b13-4+. The maximum absolute atomic E-state index is 11.9. The zero-order chi connectivity index (χ0) is 14.2. The summed E-state index contributed by atoms with van der Waals surface area (Å²) in [5.41, 5.74) is 2.01. The van der Waals surface area contributed by atoms with E-state index in [1.165, 1.54) is 6.08 Å². The number of fused-ring (bicyclic) bond motifs is 1. The minimum atomic E-state index is -0.707. The van der Waals surface area contributed by atoms with Gasteiger partial charge in [-0.05, 0) is 43.6 Å². The monoisotopic (exact) mass is 269 g/mol. The number of allylic oxidation sites excluding steroid dienone is 8. The maximum Gasteiger partial charge on any atom is 0.196 e. The lowest BCUT2D eigenvalue weighted by Crippen LogP contribution is -2.22. The molecular weight excluding hydrogens is 258 g/mol. The van der Waals surface area contributed by atoms with Gasteiger partial charge in [0, 0.05) is 5.03 Å². The molecule has 0 heterocycles. The van der Waals surface area contributed by atoms with Crippen LogP contribution in [0.25, 0.3) is 0 Å². The lowest BCUT2D eigenvalue weighted by atomic mass is 9.74. The largest absolute Gasteiger partial charge is 0.288 e. The van der Waals surface area contributed by atoms with E-state index in [4.69, 9.17) is 23.3 Å². The van der Waals surface area contributed by atoms with E-state index < -0.39 is 5.41 Å². The number of rotatable bonds is 1. The fourth-order valence-corrected chi connectivity index (χ4v) is 2.91. The molecule has 0 saturated carbocycles. The topological polar surface area (TPSA) is 40.9 Å². The van der Waals surface area contributed by atoms with Crippen molar-refractivity contribution in [3.63, 3.8) is 0 Å². The minimum Gasteiger partial charge on any atom is -0.288 e. The lowest BCUT2D eigenvalue weighted by molar-refractivity contribution is -0.111. The SMILES string of the molecule is C#CC12C=C(C#N)C(=O)C=C1C(/C(Cl)=C\C)=C(C)C2. The summed E-state index contributed by atoms with van der Waals surface area (Å²) < 4.78 is 0. The number of terminal acetylenes is 1. The molecule has 0 N–H and O–H groups in total. The third-order valence-corrected chi connectivity index (χ3v) is 3.93. The zero-order valence-electron chi connectivity index (χ0n) is 10.7. The van der Waals surface area contributed by atoms with Gasteiger partial charge in [0.2, 0.25) is 0 Å². The average molecular weight is 270 g/mol. The normalized spacial score (nSPS) is 26.4. The third-order valence-electron chi connectivity index (χ3n) is 3.52. The highest BCUT2D eigenvalue weighted by Crippen LogP contribution is 2.52. The average Bonchev–Trinajstić information content (AvgIpc) is 2.69. The van der Waals surface area contributed by atoms with Crippen molar-refractivity contribution in [1.29, 1.82) is 5.26 Å². The van der Waals surface area contributed by atoms with Gasteiger partial charge in [0.05, 0.1) is 11.0 Å². The summed E-state index contributed by atoms with van der Waals surface area (Å²) in [7, 11) is 0. The van der Waals surface area contributed by atoms with E-state index in [9.17, 15) is 4.79 Å². The van der Waals surface area contributed by atoms with E-state index in [1.807, 2.05) is 19.9 Å². The molecule has 0 amide bonds. The maximum atomic E-state index is 11.9. The van der Waals surface area contributed by atoms with Crippen LogP contribution in [-0.2, 0) is 4.79 Å². The Hall–Kier alpha value is -2.03. The van der Waals surface area contributed by atoms with E-state index in [0.29, 0.717) is 11.5 Å². The van der Waals surface area contributed by atoms with Gasteiger partial charge < -0.3 is 0 Å². The van der Waals surface area contributed by atoms with Gasteiger partial charge in [-0.1, -0.05) is 29.2 Å². The molecular formula is C16H12ClNO. The van der Waals surface area contributed by atoms with Crippen LogP contribution in [0.15, 0.2) is 45.6 Å². The molecule has 0 radical (unpaired) electrons. The Bertz CT molecular complexity index is 677. The molecule has 1 unspecified atom stereocenters. The number of halogens is 1. The Morgan fingerprint density at radius 3 is 2.84 bits per heavy atom. The molecule has 0 bridgehead atoms. The van der Waals surface area contributed by atoms with Gasteiger partial charge in [-0.2, -0.15) is 5.26 Å². The van der Waals surface area contributed by atoms with Crippen LogP contribution in [0.5, 0.6) is 0 Å². The molecule has 0 aromatic carbocycles. The second-order valence-corrected chi connectivity index (χ2v) is 5.08. The van der Waals surface area contributed by atoms with E-state index in [-0.39, 0.29) is 11.4 Å². The smallest absolute Gasteiger partial charge is 0.196 e. The molecule has 0 aliphatic heterocycles. The van der Waals surface area contributed by atoms with Crippen molar-refractivity contribution in [2.75, 3.05) is 0 Å². The molecule has 2 aliphatic rings. The predicted octanol–water partition coefficient (Wildman–Crippen LogP) is 3.43. The summed E-state index contributed by atoms with van der Waals surface area (Å²) in [6, 6.07) is 1.90. The van der Waals surface area contributed by atoms with Crippen molar-refractivity contribution in [2.24, 2.45) is 5.41 Å². The molecule has 19 heavy (non-hydrogen) atoms. The Labute approximate surface area is 117 Å². The second kappa shape index (κ2) is 4.57. The van der Waals surface area contributed by atoms with Crippen molar-refractivity contribution < 1.29 is 4.79 Å². The van der Waals surface area contributed by atoms with Gasteiger partial charge in [0.25, 0.3) is 0 Å². The van der Waals surface area contributed by atoms with Crippen LogP contribution in [0.1, 0.15) is 20.3 Å². The van der Waals surface area contributed by atoms with Crippen molar-refractivity contribution in [3.05, 3.63) is 45.6 Å². The zero-order valence-corrected chi connectivity index (χ0v) is 11.5. The predicted molar refractivity (Wildman–Crippen MR) is 75.0 cm³/mol. The second-order valence-electron chi connectivity index (χ2n) is 4.68. The summed E-state index contributed by atoms with van der Waals surface area (Å²) in [5, 5.41) is 9.58. The van der Waals surface area contributed by atoms with Crippen LogP contribution in [0, 0.1) is 29.1 Å². The first-order valence-corrected chi connectivity index (χ1v) is 6.26. The molecule has 0 aromatic heterocycles. The number of carbonyl (C=O) groups excluding carboxylic acids is 1. The quantitative estimate of drug-likeness (QED) is 0.684. The number of nitriles is 1. The van der Waals surface area contributed by atoms with E-state index >= 15 is 0 Å². The molecule has 3 heteroatoms. The number of nitrogens with zero attached hydrogens (tertiary/aromatic N) is 1. The number of carbonyl (C=O) groups is 1.